The third-order valence-electron chi connectivity index (χ3n) is 2.83. The number of nitrogens with one attached hydrogen (secondary N) is 1. The van der Waals surface area contributed by atoms with E-state index in [0.29, 0.717) is 23.8 Å². The Morgan fingerprint density at radius 1 is 1.28 bits per heavy atom. The predicted octanol–water partition coefficient (Wildman–Crippen LogP) is 2.74. The summed E-state index contributed by atoms with van der Waals surface area (Å²) in [5.41, 5.74) is 0. The van der Waals surface area contributed by atoms with Gasteiger partial charge in [0.1, 0.15) is 0 Å². The number of anilines is 1. The topological polar surface area (TPSA) is 59.9 Å². The molecular weight excluding hydrogens is 248 g/mol. The highest BCUT2D eigenvalue weighted by atomic mass is 32.2. The first-order valence-electron chi connectivity index (χ1n) is 6.55. The van der Waals surface area contributed by atoms with E-state index >= 15 is 0 Å². The van der Waals surface area contributed by atoms with Crippen molar-refractivity contribution in [3.8, 4) is 6.01 Å². The van der Waals surface area contributed by atoms with Gasteiger partial charge in [-0.15, -0.1) is 0 Å². The number of aromatic nitrogens is 3. The van der Waals surface area contributed by atoms with Gasteiger partial charge in [-0.25, -0.2) is 0 Å². The Morgan fingerprint density at radius 2 is 2.06 bits per heavy atom. The molecule has 0 amide bonds. The second-order valence-electron chi connectivity index (χ2n) is 4.35. The molecule has 0 radical (unpaired) electrons. The normalized spacial score (nSPS) is 15.9. The van der Waals surface area contributed by atoms with Crippen molar-refractivity contribution in [1.29, 1.82) is 0 Å². The van der Waals surface area contributed by atoms with Gasteiger partial charge in [0.2, 0.25) is 5.95 Å². The Kier molecular flexibility index (Phi) is 5.04. The van der Waals surface area contributed by atoms with Crippen LogP contribution in [0.2, 0.25) is 0 Å². The predicted molar refractivity (Wildman–Crippen MR) is 73.3 cm³/mol. The molecule has 1 aromatic rings. The minimum atomic E-state index is 0.427. The Balaban J connectivity index is 2.06. The number of hydrogen-bond acceptors (Lipinski definition) is 6. The third-order valence-corrected chi connectivity index (χ3v) is 4.03. The lowest BCUT2D eigenvalue weighted by Crippen LogP contribution is -2.07. The van der Waals surface area contributed by atoms with Gasteiger partial charge in [0.25, 0.3) is 0 Å². The molecule has 0 unspecified atom stereocenters. The van der Waals surface area contributed by atoms with Crippen LogP contribution in [-0.2, 0) is 0 Å². The molecule has 18 heavy (non-hydrogen) atoms. The molecule has 1 saturated carbocycles. The van der Waals surface area contributed by atoms with E-state index in [4.69, 9.17) is 4.74 Å². The lowest BCUT2D eigenvalue weighted by molar-refractivity contribution is 0.288. The summed E-state index contributed by atoms with van der Waals surface area (Å²) in [5, 5.41) is 4.37. The summed E-state index contributed by atoms with van der Waals surface area (Å²) in [6, 6.07) is 0.427. The average Bonchev–Trinajstić information content (AvgIpc) is 2.89. The van der Waals surface area contributed by atoms with Crippen molar-refractivity contribution in [2.45, 2.75) is 49.4 Å². The van der Waals surface area contributed by atoms with E-state index < -0.39 is 0 Å². The molecule has 1 heterocycles. The molecule has 0 aromatic carbocycles. The Bertz CT molecular complexity index is 382. The van der Waals surface area contributed by atoms with Gasteiger partial charge in [0, 0.05) is 12.3 Å². The highest BCUT2D eigenvalue weighted by Gasteiger charge is 2.18. The molecule has 6 heteroatoms. The molecule has 0 aliphatic heterocycles. The maximum atomic E-state index is 5.49. The van der Waals surface area contributed by atoms with Crippen LogP contribution in [0, 0.1) is 0 Å². The maximum absolute atomic E-state index is 5.49. The van der Waals surface area contributed by atoms with Crippen LogP contribution in [0.3, 0.4) is 0 Å². The van der Waals surface area contributed by atoms with Crippen LogP contribution >= 0.6 is 11.8 Å². The fraction of sp³-hybridized carbons (Fsp3) is 0.750. The SMILES string of the molecule is CCCOc1nc(NC)nc(SC2CCCC2)n1. The van der Waals surface area contributed by atoms with Crippen molar-refractivity contribution >= 4 is 17.7 Å². The summed E-state index contributed by atoms with van der Waals surface area (Å²) in [5.74, 6) is 0.580. The van der Waals surface area contributed by atoms with E-state index in [1.165, 1.54) is 25.7 Å². The number of ether oxygens (including phenoxy) is 1. The van der Waals surface area contributed by atoms with Gasteiger partial charge in [0.05, 0.1) is 6.61 Å². The number of hydrogen-bond donors (Lipinski definition) is 1. The Hall–Kier alpha value is -1.04. The van der Waals surface area contributed by atoms with Crippen molar-refractivity contribution in [1.82, 2.24) is 15.0 Å². The highest BCUT2D eigenvalue weighted by molar-refractivity contribution is 7.99. The molecular formula is C12H20N4OS. The zero-order valence-electron chi connectivity index (χ0n) is 11.0. The molecule has 5 nitrogen and oxygen atoms in total. The summed E-state index contributed by atoms with van der Waals surface area (Å²) in [4.78, 5) is 12.9. The first kappa shape index (κ1) is 13.4. The van der Waals surface area contributed by atoms with Gasteiger partial charge in [-0.3, -0.25) is 0 Å². The largest absolute Gasteiger partial charge is 0.463 e. The lowest BCUT2D eigenvalue weighted by Gasteiger charge is -2.10. The van der Waals surface area contributed by atoms with Crippen LogP contribution in [0.25, 0.3) is 0 Å². The monoisotopic (exact) mass is 268 g/mol. The third kappa shape index (κ3) is 3.73. The Morgan fingerprint density at radius 3 is 2.72 bits per heavy atom. The molecule has 2 rings (SSSR count). The van der Waals surface area contributed by atoms with Gasteiger partial charge in [-0.2, -0.15) is 15.0 Å². The van der Waals surface area contributed by atoms with Crippen molar-refractivity contribution in [3.63, 3.8) is 0 Å². The van der Waals surface area contributed by atoms with E-state index in [1.54, 1.807) is 11.8 Å². The number of rotatable bonds is 6. The summed E-state index contributed by atoms with van der Waals surface area (Å²) in [6.07, 6.45) is 6.11. The van der Waals surface area contributed by atoms with Gasteiger partial charge in [-0.1, -0.05) is 31.5 Å². The molecule has 1 aliphatic rings. The van der Waals surface area contributed by atoms with Gasteiger partial charge < -0.3 is 10.1 Å². The van der Waals surface area contributed by atoms with E-state index in [1.807, 2.05) is 7.05 Å². The molecule has 0 atom stereocenters. The van der Waals surface area contributed by atoms with Crippen LogP contribution in [0.1, 0.15) is 39.0 Å². The second kappa shape index (κ2) is 6.78. The minimum absolute atomic E-state index is 0.427. The first-order chi connectivity index (χ1) is 8.81. The fourth-order valence-corrected chi connectivity index (χ4v) is 3.05. The van der Waals surface area contributed by atoms with Crippen LogP contribution < -0.4 is 10.1 Å². The molecule has 1 aliphatic carbocycles. The van der Waals surface area contributed by atoms with Gasteiger partial charge >= 0.3 is 6.01 Å². The Labute approximate surface area is 112 Å². The zero-order chi connectivity index (χ0) is 12.8. The van der Waals surface area contributed by atoms with E-state index in [-0.39, 0.29) is 0 Å². The summed E-state index contributed by atoms with van der Waals surface area (Å²) in [7, 11) is 1.81. The first-order valence-corrected chi connectivity index (χ1v) is 7.43. The van der Waals surface area contributed by atoms with Crippen LogP contribution in [0.5, 0.6) is 6.01 Å². The van der Waals surface area contributed by atoms with Gasteiger partial charge in [0.15, 0.2) is 5.16 Å². The van der Waals surface area contributed by atoms with Crippen molar-refractivity contribution < 1.29 is 4.74 Å². The van der Waals surface area contributed by atoms with Crippen molar-refractivity contribution in [3.05, 3.63) is 0 Å². The van der Waals surface area contributed by atoms with Crippen molar-refractivity contribution in [2.75, 3.05) is 19.0 Å². The van der Waals surface area contributed by atoms with Gasteiger partial charge in [-0.05, 0) is 19.3 Å². The van der Waals surface area contributed by atoms with Crippen molar-refractivity contribution in [2.24, 2.45) is 0 Å². The summed E-state index contributed by atoms with van der Waals surface area (Å²) in [6.45, 7) is 2.70. The molecule has 1 fully saturated rings. The van der Waals surface area contributed by atoms with Crippen LogP contribution in [0.15, 0.2) is 5.16 Å². The molecule has 0 bridgehead atoms. The maximum Gasteiger partial charge on any atom is 0.322 e. The standard InChI is InChI=1S/C12H20N4OS/c1-3-8-17-11-14-10(13-2)15-12(16-11)18-9-6-4-5-7-9/h9H,3-8H2,1-2H3,(H,13,14,15,16). The lowest BCUT2D eigenvalue weighted by atomic mass is 10.4. The van der Waals surface area contributed by atoms with E-state index in [9.17, 15) is 0 Å². The van der Waals surface area contributed by atoms with Crippen LogP contribution in [-0.4, -0.2) is 33.9 Å². The second-order valence-corrected chi connectivity index (χ2v) is 5.61. The quantitative estimate of drug-likeness (QED) is 0.856. The number of nitrogens with zero attached hydrogens (tertiary/aromatic N) is 3. The zero-order valence-corrected chi connectivity index (χ0v) is 11.8. The molecule has 1 N–H and O–H groups in total. The molecule has 1 aromatic heterocycles. The molecule has 0 saturated heterocycles. The van der Waals surface area contributed by atoms with Crippen LogP contribution in [0.4, 0.5) is 5.95 Å². The van der Waals surface area contributed by atoms with E-state index in [0.717, 1.165) is 11.6 Å². The van der Waals surface area contributed by atoms with E-state index in [2.05, 4.69) is 27.2 Å². The summed E-state index contributed by atoms with van der Waals surface area (Å²) < 4.78 is 5.49. The molecule has 0 spiro atoms. The number of thioether (sulfide) groups is 1. The smallest absolute Gasteiger partial charge is 0.322 e. The average molecular weight is 268 g/mol. The molecule has 100 valence electrons. The highest BCUT2D eigenvalue weighted by Crippen LogP contribution is 2.33. The summed E-state index contributed by atoms with van der Waals surface area (Å²) >= 11 is 1.75. The minimum Gasteiger partial charge on any atom is -0.463 e. The fourth-order valence-electron chi connectivity index (χ4n) is 1.92.